The fraction of sp³-hybridized carbons (Fsp3) is 0.111. The predicted octanol–water partition coefficient (Wildman–Crippen LogP) is 2.92. The van der Waals surface area contributed by atoms with Crippen LogP contribution in [0.4, 0.5) is 0 Å². The number of phenols is 1. The summed E-state index contributed by atoms with van der Waals surface area (Å²) in [6.07, 6.45) is 1.58. The van der Waals surface area contributed by atoms with Crippen LogP contribution in [-0.2, 0) is 0 Å². The Hall–Kier alpha value is -3.46. The number of carbonyl (C=O) groups excluding carboxylic acids is 1. The second kappa shape index (κ2) is 6.34. The number of ketones is 1. The molecule has 0 bridgehead atoms. The maximum absolute atomic E-state index is 12.3. The molecule has 2 aromatic carbocycles. The normalized spacial score (nSPS) is 14.0. The topological polar surface area (TPSA) is 88.8 Å². The summed E-state index contributed by atoms with van der Waals surface area (Å²) < 4.78 is 16.0. The number of aromatic hydroxyl groups is 1. The first kappa shape index (κ1) is 15.4. The van der Waals surface area contributed by atoms with Gasteiger partial charge in [0.05, 0.1) is 12.7 Å². The van der Waals surface area contributed by atoms with Crippen molar-refractivity contribution in [2.24, 2.45) is 0 Å². The number of hydrogen-bond acceptors (Lipinski definition) is 6. The second-order valence-electron chi connectivity index (χ2n) is 4.98. The highest BCUT2D eigenvalue weighted by atomic mass is 16.5. The maximum atomic E-state index is 12.3. The first-order chi connectivity index (χ1) is 11.6. The number of fused-ring (bicyclic) bond motifs is 1. The third-order valence-electron chi connectivity index (χ3n) is 3.43. The Kier molecular flexibility index (Phi) is 4.08. The number of Topliss-reactive ketones (excluding diaryl/α,β-unsaturated/α-hetero) is 1. The van der Waals surface area contributed by atoms with E-state index in [1.165, 1.54) is 25.3 Å². The number of nitrogens with zero attached hydrogens (tertiary/aromatic N) is 1. The van der Waals surface area contributed by atoms with Crippen molar-refractivity contribution in [3.63, 3.8) is 0 Å². The molecule has 0 fully saturated rings. The van der Waals surface area contributed by atoms with E-state index in [0.29, 0.717) is 28.4 Å². The highest BCUT2D eigenvalue weighted by molar-refractivity contribution is 6.14. The van der Waals surface area contributed by atoms with Crippen molar-refractivity contribution in [3.05, 3.63) is 53.3 Å². The molecular weight excluding hydrogens is 310 g/mol. The van der Waals surface area contributed by atoms with Crippen molar-refractivity contribution in [2.75, 3.05) is 13.7 Å². The number of allylic oxidation sites excluding steroid dienone is 1. The smallest absolute Gasteiger partial charge is 0.231 e. The molecule has 1 heterocycles. The predicted molar refractivity (Wildman–Crippen MR) is 85.1 cm³/mol. The van der Waals surface area contributed by atoms with Gasteiger partial charge in [-0.2, -0.15) is 5.26 Å². The van der Waals surface area contributed by atoms with E-state index >= 15 is 0 Å². The Labute approximate surface area is 138 Å². The van der Waals surface area contributed by atoms with Crippen LogP contribution in [0.2, 0.25) is 0 Å². The van der Waals surface area contributed by atoms with Crippen LogP contribution in [0.3, 0.4) is 0 Å². The molecule has 0 atom stereocenters. The molecule has 2 aromatic rings. The Morgan fingerprint density at radius 3 is 2.83 bits per heavy atom. The molecule has 0 radical (unpaired) electrons. The van der Waals surface area contributed by atoms with Gasteiger partial charge in [0.25, 0.3) is 0 Å². The Balaban J connectivity index is 1.90. The molecule has 1 N–H and O–H groups in total. The molecule has 0 spiro atoms. The largest absolute Gasteiger partial charge is 0.508 e. The molecule has 6 heteroatoms. The first-order valence-electron chi connectivity index (χ1n) is 7.07. The minimum absolute atomic E-state index is 0.0310. The number of benzene rings is 2. The number of carbonyl (C=O) groups is 1. The van der Waals surface area contributed by atoms with E-state index in [4.69, 9.17) is 19.5 Å². The van der Waals surface area contributed by atoms with Gasteiger partial charge in [0.15, 0.2) is 23.9 Å². The molecule has 0 aromatic heterocycles. The van der Waals surface area contributed by atoms with Gasteiger partial charge in [-0.25, -0.2) is 0 Å². The summed E-state index contributed by atoms with van der Waals surface area (Å²) >= 11 is 0. The lowest BCUT2D eigenvalue weighted by molar-refractivity contribution is 0.101. The molecule has 24 heavy (non-hydrogen) atoms. The Bertz CT molecular complexity index is 879. The molecular formula is C18H13NO5. The van der Waals surface area contributed by atoms with Gasteiger partial charge in [-0.15, -0.1) is 0 Å². The highest BCUT2D eigenvalue weighted by Gasteiger charge is 2.27. The number of nitriles is 1. The highest BCUT2D eigenvalue weighted by Crippen LogP contribution is 2.35. The first-order valence-corrected chi connectivity index (χ1v) is 7.07. The van der Waals surface area contributed by atoms with Crippen LogP contribution < -0.4 is 14.2 Å². The number of methoxy groups -OCH3 is 1. The van der Waals surface area contributed by atoms with Crippen molar-refractivity contribution in [2.45, 2.75) is 0 Å². The molecule has 6 nitrogen and oxygen atoms in total. The van der Waals surface area contributed by atoms with Gasteiger partial charge in [0.1, 0.15) is 17.6 Å². The lowest BCUT2D eigenvalue weighted by Crippen LogP contribution is -1.99. The van der Waals surface area contributed by atoms with Gasteiger partial charge in [-0.3, -0.25) is 4.79 Å². The van der Waals surface area contributed by atoms with Gasteiger partial charge in [-0.05, 0) is 35.9 Å². The van der Waals surface area contributed by atoms with Crippen molar-refractivity contribution in [1.82, 2.24) is 0 Å². The molecule has 0 saturated carbocycles. The fourth-order valence-corrected chi connectivity index (χ4v) is 2.33. The maximum Gasteiger partial charge on any atom is 0.231 e. The third kappa shape index (κ3) is 2.88. The Morgan fingerprint density at radius 2 is 2.08 bits per heavy atom. The molecule has 0 amide bonds. The van der Waals surface area contributed by atoms with Crippen LogP contribution in [0.5, 0.6) is 23.0 Å². The van der Waals surface area contributed by atoms with Gasteiger partial charge in [-0.1, -0.05) is 6.07 Å². The van der Waals surface area contributed by atoms with E-state index in [-0.39, 0.29) is 23.9 Å². The van der Waals surface area contributed by atoms with Crippen LogP contribution in [0.25, 0.3) is 6.08 Å². The summed E-state index contributed by atoms with van der Waals surface area (Å²) in [5, 5.41) is 18.0. The monoisotopic (exact) mass is 323 g/mol. The lowest BCUT2D eigenvalue weighted by atomic mass is 10.1. The molecule has 0 unspecified atom stereocenters. The summed E-state index contributed by atoms with van der Waals surface area (Å²) in [6, 6.07) is 11.3. The van der Waals surface area contributed by atoms with E-state index in [1.54, 1.807) is 24.3 Å². The third-order valence-corrected chi connectivity index (χ3v) is 3.43. The number of rotatable bonds is 4. The summed E-state index contributed by atoms with van der Waals surface area (Å²) in [4.78, 5) is 12.3. The van der Waals surface area contributed by atoms with Crippen molar-refractivity contribution in [1.29, 1.82) is 5.26 Å². The fourth-order valence-electron chi connectivity index (χ4n) is 2.33. The lowest BCUT2D eigenvalue weighted by Gasteiger charge is -2.09. The van der Waals surface area contributed by atoms with Crippen LogP contribution in [0, 0.1) is 11.3 Å². The quantitative estimate of drug-likeness (QED) is 0.870. The molecule has 0 saturated heterocycles. The summed E-state index contributed by atoms with van der Waals surface area (Å²) in [7, 11) is 1.49. The number of ether oxygens (including phenoxy) is 3. The van der Waals surface area contributed by atoms with Crippen molar-refractivity contribution >= 4 is 11.9 Å². The van der Waals surface area contributed by atoms with Crippen LogP contribution in [0.15, 0.2) is 42.2 Å². The second-order valence-corrected chi connectivity index (χ2v) is 4.98. The molecule has 0 aliphatic carbocycles. The summed E-state index contributed by atoms with van der Waals surface area (Å²) in [6.45, 7) is -0.0861. The zero-order valence-electron chi connectivity index (χ0n) is 12.8. The summed E-state index contributed by atoms with van der Waals surface area (Å²) in [5.41, 5.74) is 1.08. The van der Waals surface area contributed by atoms with Crippen molar-refractivity contribution < 1.29 is 24.1 Å². The zero-order chi connectivity index (χ0) is 17.1. The van der Waals surface area contributed by atoms with Gasteiger partial charge < -0.3 is 19.3 Å². The van der Waals surface area contributed by atoms with E-state index in [0.717, 1.165) is 0 Å². The standard InChI is InChI=1S/C18H13NO5/c1-22-16-8-11(2-5-14(16)23-7-6-19)9-17-18(21)13-4-3-12(20)10-15(13)24-17/h2-5,8-10,20H,7H2,1H3/b17-9-. The SMILES string of the molecule is COc1cc(/C=C2\Oc3cc(O)ccc3C2=O)ccc1OCC#N. The van der Waals surface area contributed by atoms with E-state index < -0.39 is 0 Å². The average molecular weight is 323 g/mol. The van der Waals surface area contributed by atoms with Crippen LogP contribution >= 0.6 is 0 Å². The Morgan fingerprint density at radius 1 is 1.25 bits per heavy atom. The van der Waals surface area contributed by atoms with Crippen molar-refractivity contribution in [3.8, 4) is 29.1 Å². The minimum atomic E-state index is -0.256. The van der Waals surface area contributed by atoms with Gasteiger partial charge in [0, 0.05) is 6.07 Å². The van der Waals surface area contributed by atoms with Gasteiger partial charge in [0.2, 0.25) is 5.78 Å². The molecule has 1 aliphatic rings. The van der Waals surface area contributed by atoms with Crippen LogP contribution in [-0.4, -0.2) is 24.6 Å². The minimum Gasteiger partial charge on any atom is -0.508 e. The molecule has 1 aliphatic heterocycles. The molecule has 3 rings (SSSR count). The zero-order valence-corrected chi connectivity index (χ0v) is 12.8. The van der Waals surface area contributed by atoms with E-state index in [2.05, 4.69) is 0 Å². The number of hydrogen-bond donors (Lipinski definition) is 1. The summed E-state index contributed by atoms with van der Waals surface area (Å²) in [5.74, 6) is 1.14. The van der Waals surface area contributed by atoms with E-state index in [9.17, 15) is 9.90 Å². The van der Waals surface area contributed by atoms with Gasteiger partial charge >= 0.3 is 0 Å². The average Bonchev–Trinajstić information content (AvgIpc) is 2.88. The van der Waals surface area contributed by atoms with Crippen LogP contribution in [0.1, 0.15) is 15.9 Å². The van der Waals surface area contributed by atoms with E-state index in [1.807, 2.05) is 6.07 Å². The molecule has 120 valence electrons. The number of phenolic OH excluding ortho intramolecular Hbond substituents is 1.